The van der Waals surface area contributed by atoms with Crippen molar-refractivity contribution in [2.24, 2.45) is 5.92 Å². The first-order valence-corrected chi connectivity index (χ1v) is 10.5. The summed E-state index contributed by atoms with van der Waals surface area (Å²) >= 11 is 0. The van der Waals surface area contributed by atoms with E-state index in [4.69, 9.17) is 0 Å². The van der Waals surface area contributed by atoms with Gasteiger partial charge in [0.05, 0.1) is 17.6 Å². The SMILES string of the molecule is Cc1cc(C(NC(=O)c2cc(C(C)O)cc(C3(C(F)(F)F)CC3)c2)C2CC2)ccc1F. The van der Waals surface area contributed by atoms with Gasteiger partial charge in [-0.15, -0.1) is 0 Å². The van der Waals surface area contributed by atoms with Crippen molar-refractivity contribution < 1.29 is 27.5 Å². The second kappa shape index (κ2) is 7.62. The van der Waals surface area contributed by atoms with Crippen LogP contribution in [-0.4, -0.2) is 17.2 Å². The summed E-state index contributed by atoms with van der Waals surface area (Å²) in [5.74, 6) is -0.625. The Morgan fingerprint density at radius 2 is 1.81 bits per heavy atom. The van der Waals surface area contributed by atoms with Crippen LogP contribution in [0.1, 0.15) is 77.4 Å². The summed E-state index contributed by atoms with van der Waals surface area (Å²) in [7, 11) is 0. The maximum Gasteiger partial charge on any atom is 0.398 e. The number of benzene rings is 2. The molecule has 0 aromatic heterocycles. The Balaban J connectivity index is 1.66. The normalized spacial score (nSPS) is 19.6. The highest BCUT2D eigenvalue weighted by Crippen LogP contribution is 2.59. The van der Waals surface area contributed by atoms with Gasteiger partial charge in [0.2, 0.25) is 0 Å². The molecule has 2 saturated carbocycles. The van der Waals surface area contributed by atoms with Crippen LogP contribution < -0.4 is 5.32 Å². The lowest BCUT2D eigenvalue weighted by molar-refractivity contribution is -0.160. The number of rotatable bonds is 6. The van der Waals surface area contributed by atoms with Gasteiger partial charge in [-0.05, 0) is 85.9 Å². The maximum atomic E-state index is 13.7. The molecule has 2 aromatic carbocycles. The monoisotopic (exact) mass is 435 g/mol. The van der Waals surface area contributed by atoms with Crippen LogP contribution in [0.3, 0.4) is 0 Å². The summed E-state index contributed by atoms with van der Waals surface area (Å²) in [5, 5.41) is 12.9. The number of aliphatic hydroxyl groups excluding tert-OH is 1. The van der Waals surface area contributed by atoms with E-state index >= 15 is 0 Å². The summed E-state index contributed by atoms with van der Waals surface area (Å²) < 4.78 is 54.7. The molecule has 0 radical (unpaired) electrons. The third-order valence-corrected chi connectivity index (χ3v) is 6.47. The Labute approximate surface area is 178 Å². The predicted molar refractivity (Wildman–Crippen MR) is 108 cm³/mol. The lowest BCUT2D eigenvalue weighted by Crippen LogP contribution is -2.32. The van der Waals surface area contributed by atoms with E-state index in [0.717, 1.165) is 18.4 Å². The Hall–Kier alpha value is -2.41. The summed E-state index contributed by atoms with van der Waals surface area (Å²) in [6, 6.07) is 8.42. The van der Waals surface area contributed by atoms with Crippen LogP contribution >= 0.6 is 0 Å². The lowest BCUT2D eigenvalue weighted by Gasteiger charge is -2.23. The Morgan fingerprint density at radius 3 is 2.32 bits per heavy atom. The van der Waals surface area contributed by atoms with Gasteiger partial charge >= 0.3 is 6.18 Å². The zero-order chi connectivity index (χ0) is 22.6. The average Bonchev–Trinajstić information content (AvgIpc) is 3.60. The number of hydrogen-bond acceptors (Lipinski definition) is 2. The molecule has 1 amide bonds. The molecule has 7 heteroatoms. The van der Waals surface area contributed by atoms with Crippen molar-refractivity contribution in [1.82, 2.24) is 5.32 Å². The second-order valence-corrected chi connectivity index (χ2v) is 8.90. The van der Waals surface area contributed by atoms with Gasteiger partial charge in [0, 0.05) is 5.56 Å². The number of nitrogens with one attached hydrogen (secondary N) is 1. The number of carbonyl (C=O) groups excluding carboxylic acids is 1. The van der Waals surface area contributed by atoms with Crippen molar-refractivity contribution in [2.75, 3.05) is 0 Å². The van der Waals surface area contributed by atoms with Gasteiger partial charge in [-0.2, -0.15) is 13.2 Å². The first-order chi connectivity index (χ1) is 14.5. The molecule has 166 valence electrons. The Kier molecular flexibility index (Phi) is 5.36. The summed E-state index contributed by atoms with van der Waals surface area (Å²) in [6.07, 6.45) is -3.65. The molecule has 2 atom stereocenters. The molecule has 2 aliphatic carbocycles. The molecule has 31 heavy (non-hydrogen) atoms. The minimum Gasteiger partial charge on any atom is -0.389 e. The molecule has 2 unspecified atom stereocenters. The van der Waals surface area contributed by atoms with Gasteiger partial charge < -0.3 is 10.4 Å². The van der Waals surface area contributed by atoms with Crippen LogP contribution in [0.2, 0.25) is 0 Å². The number of amides is 1. The highest BCUT2D eigenvalue weighted by atomic mass is 19.4. The predicted octanol–water partition coefficient (Wildman–Crippen LogP) is 5.66. The Bertz CT molecular complexity index is 1010. The van der Waals surface area contributed by atoms with Gasteiger partial charge in [-0.25, -0.2) is 4.39 Å². The van der Waals surface area contributed by atoms with Crippen molar-refractivity contribution in [1.29, 1.82) is 0 Å². The number of hydrogen-bond donors (Lipinski definition) is 2. The van der Waals surface area contributed by atoms with Crippen molar-refractivity contribution in [2.45, 2.75) is 63.3 Å². The fourth-order valence-electron chi connectivity index (χ4n) is 4.15. The van der Waals surface area contributed by atoms with E-state index in [1.54, 1.807) is 19.1 Å². The van der Waals surface area contributed by atoms with Crippen LogP contribution in [0.25, 0.3) is 0 Å². The minimum absolute atomic E-state index is 0.0177. The number of alkyl halides is 3. The first kappa shape index (κ1) is 21.8. The van der Waals surface area contributed by atoms with Crippen LogP contribution in [0.4, 0.5) is 17.6 Å². The fourth-order valence-corrected chi connectivity index (χ4v) is 4.15. The van der Waals surface area contributed by atoms with Gasteiger partial charge in [0.15, 0.2) is 0 Å². The largest absolute Gasteiger partial charge is 0.398 e. The molecule has 2 aliphatic rings. The first-order valence-electron chi connectivity index (χ1n) is 10.5. The number of aryl methyl sites for hydroxylation is 1. The number of carbonyl (C=O) groups is 1. The van der Waals surface area contributed by atoms with E-state index in [2.05, 4.69) is 5.32 Å². The molecule has 2 fully saturated rings. The van der Waals surface area contributed by atoms with E-state index in [9.17, 15) is 27.5 Å². The Morgan fingerprint density at radius 1 is 1.13 bits per heavy atom. The van der Waals surface area contributed by atoms with Gasteiger partial charge in [0.1, 0.15) is 5.82 Å². The molecular formula is C24H25F4NO2. The van der Waals surface area contributed by atoms with Crippen molar-refractivity contribution in [3.05, 3.63) is 70.0 Å². The van der Waals surface area contributed by atoms with Crippen LogP contribution in [-0.2, 0) is 5.41 Å². The van der Waals surface area contributed by atoms with Crippen LogP contribution in [0, 0.1) is 18.7 Å². The number of halogens is 4. The quantitative estimate of drug-likeness (QED) is 0.575. The second-order valence-electron chi connectivity index (χ2n) is 8.90. The standard InChI is InChI=1S/C24H25F4NO2/c1-13-9-16(5-6-20(13)25)21(15-3-4-15)29-22(31)18-10-17(14(2)30)11-19(12-18)23(7-8-23)24(26,27)28/h5-6,9-12,14-15,21,30H,3-4,7-8H2,1-2H3,(H,29,31). The number of aliphatic hydroxyl groups is 1. The molecule has 0 bridgehead atoms. The molecule has 3 nitrogen and oxygen atoms in total. The highest BCUT2D eigenvalue weighted by Gasteiger charge is 2.64. The van der Waals surface area contributed by atoms with Crippen LogP contribution in [0.5, 0.6) is 0 Å². The zero-order valence-corrected chi connectivity index (χ0v) is 17.4. The topological polar surface area (TPSA) is 49.3 Å². The smallest absolute Gasteiger partial charge is 0.389 e. The van der Waals surface area contributed by atoms with Gasteiger partial charge in [-0.1, -0.05) is 18.2 Å². The van der Waals surface area contributed by atoms with E-state index < -0.39 is 23.6 Å². The van der Waals surface area contributed by atoms with Crippen LogP contribution in [0.15, 0.2) is 36.4 Å². The van der Waals surface area contributed by atoms with Crippen molar-refractivity contribution >= 4 is 5.91 Å². The molecular weight excluding hydrogens is 410 g/mol. The molecule has 0 heterocycles. The molecule has 2 aromatic rings. The molecule has 4 rings (SSSR count). The third kappa shape index (κ3) is 4.20. The fraction of sp³-hybridized carbons (Fsp3) is 0.458. The molecule has 0 spiro atoms. The van der Waals surface area contributed by atoms with Crippen molar-refractivity contribution in [3.63, 3.8) is 0 Å². The maximum absolute atomic E-state index is 13.7. The zero-order valence-electron chi connectivity index (χ0n) is 17.4. The van der Waals surface area contributed by atoms with Gasteiger partial charge in [-0.3, -0.25) is 4.79 Å². The summed E-state index contributed by atoms with van der Waals surface area (Å²) in [4.78, 5) is 13.1. The molecule has 0 aliphatic heterocycles. The van der Waals surface area contributed by atoms with E-state index in [1.165, 1.54) is 31.2 Å². The third-order valence-electron chi connectivity index (χ3n) is 6.47. The highest BCUT2D eigenvalue weighted by molar-refractivity contribution is 5.95. The minimum atomic E-state index is -4.42. The van der Waals surface area contributed by atoms with Gasteiger partial charge in [0.25, 0.3) is 5.91 Å². The van der Waals surface area contributed by atoms with Crippen molar-refractivity contribution in [3.8, 4) is 0 Å². The average molecular weight is 435 g/mol. The lowest BCUT2D eigenvalue weighted by atomic mass is 9.90. The molecule has 2 N–H and O–H groups in total. The summed E-state index contributed by atoms with van der Waals surface area (Å²) in [6.45, 7) is 3.11. The van der Waals surface area contributed by atoms with E-state index in [1.807, 2.05) is 0 Å². The van der Waals surface area contributed by atoms with E-state index in [0.29, 0.717) is 5.56 Å². The van der Waals surface area contributed by atoms with E-state index in [-0.39, 0.29) is 47.3 Å². The molecule has 0 saturated heterocycles. The summed E-state index contributed by atoms with van der Waals surface area (Å²) in [5.41, 5.74) is -0.319.